The van der Waals surface area contributed by atoms with Crippen molar-refractivity contribution in [3.05, 3.63) is 66.2 Å². The molecular weight excluding hydrogens is 400 g/mol. The van der Waals surface area contributed by atoms with Crippen molar-refractivity contribution in [2.45, 2.75) is 37.0 Å². The molecule has 30 heavy (non-hydrogen) atoms. The smallest absolute Gasteiger partial charge is 0.264 e. The first-order valence-electron chi connectivity index (χ1n) is 10.2. The molecule has 0 saturated heterocycles. The van der Waals surface area contributed by atoms with Gasteiger partial charge in [-0.05, 0) is 68.5 Å². The van der Waals surface area contributed by atoms with E-state index in [1.807, 2.05) is 0 Å². The number of hydrogen-bond donors (Lipinski definition) is 1. The van der Waals surface area contributed by atoms with E-state index in [2.05, 4.69) is 11.4 Å². The van der Waals surface area contributed by atoms with Crippen LogP contribution in [-0.2, 0) is 14.8 Å². The van der Waals surface area contributed by atoms with Crippen LogP contribution < -0.4 is 14.4 Å². The first-order valence-corrected chi connectivity index (χ1v) is 11.6. The predicted octanol–water partition coefficient (Wildman–Crippen LogP) is 3.90. The number of sulfonamides is 1. The number of carbonyl (C=O) groups excluding carboxylic acids is 1. The summed E-state index contributed by atoms with van der Waals surface area (Å²) in [4.78, 5) is 12.7. The number of allylic oxidation sites excluding steroid dienone is 1. The quantitative estimate of drug-likeness (QED) is 0.615. The largest absolute Gasteiger partial charge is 0.497 e. The summed E-state index contributed by atoms with van der Waals surface area (Å²) in [5, 5.41) is 2.87. The molecule has 2 aromatic rings. The molecule has 0 saturated carbocycles. The molecular formula is C23H28N2O4S. The number of nitrogens with zero attached hydrogens (tertiary/aromatic N) is 1. The van der Waals surface area contributed by atoms with Gasteiger partial charge in [0.05, 0.1) is 17.7 Å². The predicted molar refractivity (Wildman–Crippen MR) is 118 cm³/mol. The summed E-state index contributed by atoms with van der Waals surface area (Å²) >= 11 is 0. The zero-order chi connectivity index (χ0) is 21.4. The fourth-order valence-corrected chi connectivity index (χ4v) is 4.89. The molecule has 0 unspecified atom stereocenters. The van der Waals surface area contributed by atoms with Gasteiger partial charge in [-0.1, -0.05) is 29.8 Å². The Bertz CT molecular complexity index is 970. The van der Waals surface area contributed by atoms with Gasteiger partial charge in [0, 0.05) is 6.54 Å². The Hall–Kier alpha value is -2.80. The molecule has 0 aliphatic heterocycles. The molecule has 0 radical (unpaired) electrons. The van der Waals surface area contributed by atoms with E-state index in [-0.39, 0.29) is 17.3 Å². The second-order valence-electron chi connectivity index (χ2n) is 7.23. The zero-order valence-electron chi connectivity index (χ0n) is 17.2. The number of ether oxygens (including phenoxy) is 1. The number of benzene rings is 2. The number of amides is 1. The highest BCUT2D eigenvalue weighted by atomic mass is 32.2. The van der Waals surface area contributed by atoms with E-state index < -0.39 is 10.0 Å². The minimum absolute atomic E-state index is 0.104. The van der Waals surface area contributed by atoms with Crippen LogP contribution in [-0.4, -0.2) is 34.5 Å². The van der Waals surface area contributed by atoms with E-state index >= 15 is 0 Å². The fourth-order valence-electron chi connectivity index (χ4n) is 3.46. The third-order valence-corrected chi connectivity index (χ3v) is 6.92. The van der Waals surface area contributed by atoms with Crippen molar-refractivity contribution in [1.82, 2.24) is 5.32 Å². The molecule has 1 N–H and O–H groups in total. The summed E-state index contributed by atoms with van der Waals surface area (Å²) < 4.78 is 32.8. The van der Waals surface area contributed by atoms with Gasteiger partial charge in [-0.15, -0.1) is 0 Å². The Morgan fingerprint density at radius 3 is 2.43 bits per heavy atom. The lowest BCUT2D eigenvalue weighted by atomic mass is 9.97. The van der Waals surface area contributed by atoms with E-state index in [0.29, 0.717) is 18.0 Å². The van der Waals surface area contributed by atoms with Crippen molar-refractivity contribution >= 4 is 21.6 Å². The molecule has 6 nitrogen and oxygen atoms in total. The highest BCUT2D eigenvalue weighted by Gasteiger charge is 2.27. The summed E-state index contributed by atoms with van der Waals surface area (Å²) in [6.45, 7) is 0.229. The first kappa shape index (κ1) is 21.9. The van der Waals surface area contributed by atoms with E-state index in [4.69, 9.17) is 4.74 Å². The average Bonchev–Trinajstić information content (AvgIpc) is 2.78. The van der Waals surface area contributed by atoms with Crippen LogP contribution in [0.3, 0.4) is 0 Å². The molecule has 0 atom stereocenters. The molecule has 0 aromatic heterocycles. The molecule has 1 aliphatic carbocycles. The summed E-state index contributed by atoms with van der Waals surface area (Å²) in [5.41, 5.74) is 1.81. The second-order valence-corrected chi connectivity index (χ2v) is 9.09. The molecule has 7 heteroatoms. The molecule has 0 spiro atoms. The van der Waals surface area contributed by atoms with Crippen molar-refractivity contribution in [2.75, 3.05) is 24.5 Å². The van der Waals surface area contributed by atoms with Crippen molar-refractivity contribution < 1.29 is 17.9 Å². The van der Waals surface area contributed by atoms with Crippen LogP contribution >= 0.6 is 0 Å². The number of rotatable bonds is 9. The Morgan fingerprint density at radius 1 is 1.07 bits per heavy atom. The van der Waals surface area contributed by atoms with Gasteiger partial charge in [-0.2, -0.15) is 0 Å². The highest BCUT2D eigenvalue weighted by molar-refractivity contribution is 7.92. The topological polar surface area (TPSA) is 75.7 Å². The van der Waals surface area contributed by atoms with Crippen LogP contribution in [0.15, 0.2) is 71.1 Å². The Labute approximate surface area is 178 Å². The lowest BCUT2D eigenvalue weighted by Crippen LogP contribution is -2.41. The highest BCUT2D eigenvalue weighted by Crippen LogP contribution is 2.25. The third-order valence-electron chi connectivity index (χ3n) is 5.13. The lowest BCUT2D eigenvalue weighted by Gasteiger charge is -2.24. The summed E-state index contributed by atoms with van der Waals surface area (Å²) in [6, 6.07) is 14.8. The van der Waals surface area contributed by atoms with Gasteiger partial charge in [0.15, 0.2) is 0 Å². The van der Waals surface area contributed by atoms with Crippen LogP contribution in [0.4, 0.5) is 5.69 Å². The Kier molecular flexibility index (Phi) is 7.52. The van der Waals surface area contributed by atoms with Crippen LogP contribution in [0.1, 0.15) is 32.1 Å². The number of carbonyl (C=O) groups is 1. The standard InChI is InChI=1S/C23H28N2O4S/c1-29-21-12-14-22(15-13-21)30(27,28)25(20-10-6-3-7-11-20)18-23(26)24-17-16-19-8-4-2-5-9-19/h3,6-8,10-15H,2,4-5,9,16-18H2,1H3,(H,24,26). The molecule has 0 bridgehead atoms. The monoisotopic (exact) mass is 428 g/mol. The Balaban J connectivity index is 1.73. The maximum atomic E-state index is 13.3. The molecule has 2 aromatic carbocycles. The minimum Gasteiger partial charge on any atom is -0.497 e. The average molecular weight is 429 g/mol. The van der Waals surface area contributed by atoms with E-state index in [9.17, 15) is 13.2 Å². The maximum absolute atomic E-state index is 13.3. The number of para-hydroxylation sites is 1. The van der Waals surface area contributed by atoms with Crippen molar-refractivity contribution in [3.63, 3.8) is 0 Å². The third kappa shape index (κ3) is 5.63. The van der Waals surface area contributed by atoms with Gasteiger partial charge in [-0.25, -0.2) is 8.42 Å². The van der Waals surface area contributed by atoms with Crippen LogP contribution in [0.2, 0.25) is 0 Å². The molecule has 3 rings (SSSR count). The number of methoxy groups -OCH3 is 1. The summed E-state index contributed by atoms with van der Waals surface area (Å²) in [7, 11) is -2.39. The Morgan fingerprint density at radius 2 is 1.80 bits per heavy atom. The van der Waals surface area contributed by atoms with Gasteiger partial charge >= 0.3 is 0 Å². The van der Waals surface area contributed by atoms with Gasteiger partial charge in [-0.3, -0.25) is 9.10 Å². The van der Waals surface area contributed by atoms with Crippen molar-refractivity contribution in [2.24, 2.45) is 0 Å². The van der Waals surface area contributed by atoms with Gasteiger partial charge in [0.25, 0.3) is 10.0 Å². The molecule has 160 valence electrons. The molecule has 0 fully saturated rings. The van der Waals surface area contributed by atoms with Crippen LogP contribution in [0.5, 0.6) is 5.75 Å². The first-order chi connectivity index (χ1) is 14.5. The normalized spacial score (nSPS) is 14.0. The number of anilines is 1. The SMILES string of the molecule is COc1ccc(S(=O)(=O)N(CC(=O)NCCC2=CCCCC2)c2ccccc2)cc1. The number of nitrogens with one attached hydrogen (secondary N) is 1. The summed E-state index contributed by atoms with van der Waals surface area (Å²) in [6.07, 6.45) is 7.66. The molecule has 1 amide bonds. The molecule has 0 heterocycles. The lowest BCUT2D eigenvalue weighted by molar-refractivity contribution is -0.119. The minimum atomic E-state index is -3.91. The van der Waals surface area contributed by atoms with Gasteiger partial charge in [0.1, 0.15) is 12.3 Å². The zero-order valence-corrected chi connectivity index (χ0v) is 18.0. The summed E-state index contributed by atoms with van der Waals surface area (Å²) in [5.74, 6) is 0.238. The maximum Gasteiger partial charge on any atom is 0.264 e. The van der Waals surface area contributed by atoms with E-state index in [1.165, 1.54) is 37.7 Å². The second kappa shape index (κ2) is 10.3. The number of hydrogen-bond acceptors (Lipinski definition) is 4. The molecule has 1 aliphatic rings. The van der Waals surface area contributed by atoms with E-state index in [1.54, 1.807) is 42.5 Å². The van der Waals surface area contributed by atoms with Crippen molar-refractivity contribution in [3.8, 4) is 5.75 Å². The van der Waals surface area contributed by atoms with Crippen LogP contribution in [0, 0.1) is 0 Å². The van der Waals surface area contributed by atoms with Gasteiger partial charge in [0.2, 0.25) is 5.91 Å². The fraction of sp³-hybridized carbons (Fsp3) is 0.348. The van der Waals surface area contributed by atoms with E-state index in [0.717, 1.165) is 23.6 Å². The van der Waals surface area contributed by atoms with Crippen molar-refractivity contribution in [1.29, 1.82) is 0 Å². The van der Waals surface area contributed by atoms with Gasteiger partial charge < -0.3 is 10.1 Å². The van der Waals surface area contributed by atoms with Crippen LogP contribution in [0.25, 0.3) is 0 Å².